The van der Waals surface area contributed by atoms with Crippen LogP contribution in [-0.4, -0.2) is 54.1 Å². The first-order chi connectivity index (χ1) is 12.2. The number of hydrogen-bond donors (Lipinski definition) is 1. The van der Waals surface area contributed by atoms with E-state index >= 15 is 0 Å². The Bertz CT molecular complexity index is 666. The average molecular weight is 364 g/mol. The van der Waals surface area contributed by atoms with Crippen LogP contribution in [0.25, 0.3) is 11.1 Å². The molecule has 0 amide bonds. The maximum absolute atomic E-state index is 14.0. The fraction of sp³-hybridized carbons (Fsp3) is 0.444. The smallest absolute Gasteiger partial charge is 0.225 e. The van der Waals surface area contributed by atoms with E-state index in [9.17, 15) is 4.39 Å². The van der Waals surface area contributed by atoms with Crippen LogP contribution in [0.3, 0.4) is 0 Å². The van der Waals surface area contributed by atoms with Crippen LogP contribution in [-0.2, 0) is 0 Å². The number of piperazine rings is 1. The molecule has 1 aromatic heterocycles. The molecule has 1 aliphatic heterocycles. The highest BCUT2D eigenvalue weighted by Crippen LogP contribution is 2.30. The molecular weight excluding hydrogens is 341 g/mol. The molecule has 0 spiro atoms. The fourth-order valence-corrected chi connectivity index (χ4v) is 3.31. The van der Waals surface area contributed by atoms with E-state index in [0.29, 0.717) is 22.1 Å². The Labute approximate surface area is 152 Å². The van der Waals surface area contributed by atoms with Crippen LogP contribution in [0.5, 0.6) is 0 Å². The summed E-state index contributed by atoms with van der Waals surface area (Å²) in [5.74, 6) is 0.313. The van der Waals surface area contributed by atoms with Crippen LogP contribution >= 0.6 is 11.6 Å². The summed E-state index contributed by atoms with van der Waals surface area (Å²) in [6.45, 7) is 5.62. The highest BCUT2D eigenvalue weighted by Gasteiger charge is 2.19. The van der Waals surface area contributed by atoms with Gasteiger partial charge in [0.2, 0.25) is 5.95 Å². The molecule has 1 fully saturated rings. The number of aromatic nitrogens is 2. The number of hydrogen-bond acceptors (Lipinski definition) is 5. The van der Waals surface area contributed by atoms with Gasteiger partial charge in [-0.25, -0.2) is 14.4 Å². The highest BCUT2D eigenvalue weighted by atomic mass is 35.5. The summed E-state index contributed by atoms with van der Waals surface area (Å²) < 4.78 is 14.0. The van der Waals surface area contributed by atoms with Gasteiger partial charge in [-0.3, -0.25) is 4.90 Å². The third-order valence-electron chi connectivity index (χ3n) is 4.47. The van der Waals surface area contributed by atoms with Crippen molar-refractivity contribution in [2.45, 2.75) is 12.8 Å². The van der Waals surface area contributed by atoms with Gasteiger partial charge in [0, 0.05) is 49.7 Å². The summed E-state index contributed by atoms with van der Waals surface area (Å²) in [7, 11) is 0. The molecule has 25 heavy (non-hydrogen) atoms. The molecule has 7 heteroatoms. The van der Waals surface area contributed by atoms with E-state index in [2.05, 4.69) is 19.8 Å². The number of rotatable bonds is 6. The lowest BCUT2D eigenvalue weighted by atomic mass is 10.1. The number of halogens is 2. The summed E-state index contributed by atoms with van der Waals surface area (Å²) in [5, 5.41) is 0.363. The number of nitrogens with zero attached hydrogens (tertiary/aromatic N) is 4. The third kappa shape index (κ3) is 4.45. The van der Waals surface area contributed by atoms with Gasteiger partial charge in [0.05, 0.1) is 5.02 Å². The zero-order chi connectivity index (χ0) is 17.6. The van der Waals surface area contributed by atoms with Crippen LogP contribution in [0.15, 0.2) is 30.6 Å². The maximum atomic E-state index is 14.0. The Morgan fingerprint density at radius 1 is 1.08 bits per heavy atom. The standard InChI is InChI=1S/C18H23ClFN5/c19-15-4-3-5-16(20)17(15)14-12-22-18(23-13-14)25-10-8-24(9-11-25)7-2-1-6-21/h3-5,12-13H,1-2,6-11,21H2. The van der Waals surface area contributed by atoms with Gasteiger partial charge in [-0.2, -0.15) is 0 Å². The van der Waals surface area contributed by atoms with E-state index in [0.717, 1.165) is 52.1 Å². The number of benzene rings is 1. The van der Waals surface area contributed by atoms with E-state index < -0.39 is 0 Å². The lowest BCUT2D eigenvalue weighted by Crippen LogP contribution is -2.47. The molecular formula is C18H23ClFN5. The fourth-order valence-electron chi connectivity index (χ4n) is 3.04. The van der Waals surface area contributed by atoms with Gasteiger partial charge in [0.25, 0.3) is 0 Å². The van der Waals surface area contributed by atoms with Crippen molar-refractivity contribution < 1.29 is 4.39 Å². The molecule has 5 nitrogen and oxygen atoms in total. The number of unbranched alkanes of at least 4 members (excludes halogenated alkanes) is 1. The van der Waals surface area contributed by atoms with Gasteiger partial charge >= 0.3 is 0 Å². The third-order valence-corrected chi connectivity index (χ3v) is 4.79. The first-order valence-electron chi connectivity index (χ1n) is 8.63. The Hall–Kier alpha value is -1.76. The Balaban J connectivity index is 1.62. The molecule has 1 aromatic carbocycles. The molecule has 0 atom stereocenters. The van der Waals surface area contributed by atoms with Crippen molar-refractivity contribution in [3.63, 3.8) is 0 Å². The minimum Gasteiger partial charge on any atom is -0.338 e. The molecule has 3 rings (SSSR count). The van der Waals surface area contributed by atoms with Crippen molar-refractivity contribution in [3.8, 4) is 11.1 Å². The van der Waals surface area contributed by atoms with Crippen molar-refractivity contribution in [2.24, 2.45) is 5.73 Å². The van der Waals surface area contributed by atoms with Crippen molar-refractivity contribution in [2.75, 3.05) is 44.2 Å². The molecule has 1 aliphatic rings. The maximum Gasteiger partial charge on any atom is 0.225 e. The minimum absolute atomic E-state index is 0.348. The molecule has 0 unspecified atom stereocenters. The monoisotopic (exact) mass is 363 g/mol. The molecule has 134 valence electrons. The van der Waals surface area contributed by atoms with Crippen LogP contribution in [0.4, 0.5) is 10.3 Å². The zero-order valence-corrected chi connectivity index (χ0v) is 14.9. The Morgan fingerprint density at radius 3 is 2.44 bits per heavy atom. The molecule has 2 heterocycles. The second kappa shape index (κ2) is 8.56. The first-order valence-corrected chi connectivity index (χ1v) is 9.00. The summed E-state index contributed by atoms with van der Waals surface area (Å²) in [6, 6.07) is 4.64. The van der Waals surface area contributed by atoms with Gasteiger partial charge in [-0.15, -0.1) is 0 Å². The van der Waals surface area contributed by atoms with Crippen LogP contribution < -0.4 is 10.6 Å². The normalized spacial score (nSPS) is 15.6. The number of nitrogens with two attached hydrogens (primary N) is 1. The second-order valence-corrected chi connectivity index (χ2v) is 6.60. The summed E-state index contributed by atoms with van der Waals surface area (Å²) in [4.78, 5) is 13.4. The van der Waals surface area contributed by atoms with E-state index in [1.54, 1.807) is 24.5 Å². The molecule has 2 aromatic rings. The van der Waals surface area contributed by atoms with Gasteiger partial charge in [-0.1, -0.05) is 17.7 Å². The lowest BCUT2D eigenvalue weighted by molar-refractivity contribution is 0.252. The largest absolute Gasteiger partial charge is 0.338 e. The molecule has 0 aliphatic carbocycles. The quantitative estimate of drug-likeness (QED) is 0.800. The average Bonchev–Trinajstić information content (AvgIpc) is 2.63. The number of anilines is 1. The second-order valence-electron chi connectivity index (χ2n) is 6.19. The summed E-state index contributed by atoms with van der Waals surface area (Å²) in [6.07, 6.45) is 5.50. The van der Waals surface area contributed by atoms with Crippen LogP contribution in [0.2, 0.25) is 5.02 Å². The van der Waals surface area contributed by atoms with Crippen molar-refractivity contribution in [1.82, 2.24) is 14.9 Å². The van der Waals surface area contributed by atoms with Crippen LogP contribution in [0, 0.1) is 5.82 Å². The van der Waals surface area contributed by atoms with Gasteiger partial charge in [0.15, 0.2) is 0 Å². The van der Waals surface area contributed by atoms with Crippen molar-refractivity contribution in [1.29, 1.82) is 0 Å². The highest BCUT2D eigenvalue weighted by molar-refractivity contribution is 6.33. The topological polar surface area (TPSA) is 58.3 Å². The predicted octanol–water partition coefficient (Wildman–Crippen LogP) is 2.80. The predicted molar refractivity (Wildman–Crippen MR) is 99.4 cm³/mol. The summed E-state index contributed by atoms with van der Waals surface area (Å²) in [5.41, 5.74) is 6.48. The van der Waals surface area contributed by atoms with E-state index in [4.69, 9.17) is 17.3 Å². The van der Waals surface area contributed by atoms with Gasteiger partial charge < -0.3 is 10.6 Å². The van der Waals surface area contributed by atoms with E-state index in [1.165, 1.54) is 6.07 Å². The zero-order valence-electron chi connectivity index (χ0n) is 14.2. The van der Waals surface area contributed by atoms with Crippen molar-refractivity contribution >= 4 is 17.5 Å². The molecule has 2 N–H and O–H groups in total. The molecule has 0 bridgehead atoms. The molecule has 1 saturated heterocycles. The SMILES string of the molecule is NCCCCN1CCN(c2ncc(-c3c(F)cccc3Cl)cn2)CC1. The first kappa shape index (κ1) is 18.0. The van der Waals surface area contributed by atoms with Gasteiger partial charge in [-0.05, 0) is 38.1 Å². The molecule has 0 saturated carbocycles. The van der Waals surface area contributed by atoms with Gasteiger partial charge in [0.1, 0.15) is 5.82 Å². The minimum atomic E-state index is -0.366. The summed E-state index contributed by atoms with van der Waals surface area (Å²) >= 11 is 6.10. The van der Waals surface area contributed by atoms with Crippen molar-refractivity contribution in [3.05, 3.63) is 41.4 Å². The molecule has 0 radical (unpaired) electrons. The van der Waals surface area contributed by atoms with Crippen LogP contribution in [0.1, 0.15) is 12.8 Å². The van der Waals surface area contributed by atoms with E-state index in [1.807, 2.05) is 0 Å². The lowest BCUT2D eigenvalue weighted by Gasteiger charge is -2.34. The Morgan fingerprint density at radius 2 is 1.80 bits per heavy atom. The Kier molecular flexibility index (Phi) is 6.18. The van der Waals surface area contributed by atoms with E-state index in [-0.39, 0.29) is 5.82 Å².